The van der Waals surface area contributed by atoms with Crippen LogP contribution in [0.1, 0.15) is 0 Å². The number of nitro benzene ring substituents is 1. The molecule has 0 N–H and O–H groups in total. The van der Waals surface area contributed by atoms with Crippen molar-refractivity contribution >= 4 is 37.5 Å². The Hall–Kier alpha value is -0.490. The van der Waals surface area contributed by atoms with Gasteiger partial charge in [-0.1, -0.05) is 0 Å². The lowest BCUT2D eigenvalue weighted by molar-refractivity contribution is -0.386. The van der Waals surface area contributed by atoms with Crippen molar-refractivity contribution in [2.24, 2.45) is 0 Å². The van der Waals surface area contributed by atoms with Gasteiger partial charge in [-0.3, -0.25) is 10.1 Å². The second-order valence-electron chi connectivity index (χ2n) is 1.95. The topological polar surface area (TPSA) is 43.1 Å². The maximum absolute atomic E-state index is 12.7. The smallest absolute Gasteiger partial charge is 0.258 e. The fourth-order valence-electron chi connectivity index (χ4n) is 0.684. The molecule has 0 atom stereocenters. The maximum Gasteiger partial charge on any atom is 0.300 e. The Morgan fingerprint density at radius 3 is 2.42 bits per heavy atom. The third-order valence-electron chi connectivity index (χ3n) is 1.20. The van der Waals surface area contributed by atoms with Crippen LogP contribution in [0.4, 0.5) is 10.1 Å². The Balaban J connectivity index is 3.43. The maximum atomic E-state index is 12.7. The standard InChI is InChI=1S/C6H2Br2FNO2/c7-3-1-2-4(9)5(8)6(3)10(11)12/h1-2H. The van der Waals surface area contributed by atoms with Gasteiger partial charge < -0.3 is 0 Å². The Kier molecular flexibility index (Phi) is 2.79. The molecular formula is C6H2Br2FNO2. The van der Waals surface area contributed by atoms with Gasteiger partial charge in [-0.15, -0.1) is 0 Å². The number of hydrogen-bond acceptors (Lipinski definition) is 2. The van der Waals surface area contributed by atoms with Crippen LogP contribution in [0, 0.1) is 15.9 Å². The summed E-state index contributed by atoms with van der Waals surface area (Å²) >= 11 is 5.73. The summed E-state index contributed by atoms with van der Waals surface area (Å²) in [6, 6.07) is 2.43. The van der Waals surface area contributed by atoms with Gasteiger partial charge in [0.1, 0.15) is 10.3 Å². The summed E-state index contributed by atoms with van der Waals surface area (Å²) in [6.45, 7) is 0. The first-order valence-corrected chi connectivity index (χ1v) is 4.40. The van der Waals surface area contributed by atoms with Crippen LogP contribution in [0.3, 0.4) is 0 Å². The molecule has 0 aromatic heterocycles. The molecule has 1 aromatic carbocycles. The number of benzene rings is 1. The van der Waals surface area contributed by atoms with Crippen molar-refractivity contribution < 1.29 is 9.31 Å². The average Bonchev–Trinajstić information content (AvgIpc) is 1.97. The summed E-state index contributed by atoms with van der Waals surface area (Å²) in [5, 5.41) is 10.4. The first kappa shape index (κ1) is 9.60. The molecule has 0 aliphatic heterocycles. The molecule has 0 radical (unpaired) electrons. The van der Waals surface area contributed by atoms with Crippen LogP contribution in [-0.4, -0.2) is 4.92 Å². The molecule has 0 saturated heterocycles. The first-order chi connectivity index (χ1) is 5.54. The van der Waals surface area contributed by atoms with E-state index in [9.17, 15) is 14.5 Å². The molecule has 0 aliphatic rings. The predicted molar refractivity (Wildman–Crippen MR) is 48.5 cm³/mol. The quantitative estimate of drug-likeness (QED) is 0.454. The van der Waals surface area contributed by atoms with Gasteiger partial charge in [0, 0.05) is 0 Å². The third kappa shape index (κ3) is 1.64. The highest BCUT2D eigenvalue weighted by atomic mass is 79.9. The minimum absolute atomic E-state index is 0.137. The Bertz CT molecular complexity index is 343. The number of hydrogen-bond donors (Lipinski definition) is 0. The van der Waals surface area contributed by atoms with Gasteiger partial charge in [0.15, 0.2) is 0 Å². The Labute approximate surface area is 84.0 Å². The minimum atomic E-state index is -0.656. The summed E-state index contributed by atoms with van der Waals surface area (Å²) in [6.07, 6.45) is 0. The lowest BCUT2D eigenvalue weighted by Gasteiger charge is -1.98. The van der Waals surface area contributed by atoms with Gasteiger partial charge in [0.2, 0.25) is 0 Å². The average molecular weight is 299 g/mol. The summed E-state index contributed by atoms with van der Waals surface area (Å²) in [7, 11) is 0. The van der Waals surface area contributed by atoms with Gasteiger partial charge >= 0.3 is 5.69 Å². The van der Waals surface area contributed by atoms with E-state index in [1.54, 1.807) is 0 Å². The number of rotatable bonds is 1. The van der Waals surface area contributed by atoms with E-state index in [0.29, 0.717) is 0 Å². The lowest BCUT2D eigenvalue weighted by atomic mass is 10.3. The zero-order valence-electron chi connectivity index (χ0n) is 5.55. The van der Waals surface area contributed by atoms with Crippen LogP contribution in [0.2, 0.25) is 0 Å². The highest BCUT2D eigenvalue weighted by Crippen LogP contribution is 2.34. The van der Waals surface area contributed by atoms with E-state index >= 15 is 0 Å². The van der Waals surface area contributed by atoms with Crippen LogP contribution >= 0.6 is 31.9 Å². The van der Waals surface area contributed by atoms with Crippen molar-refractivity contribution in [3.05, 3.63) is 37.0 Å². The summed E-state index contributed by atoms with van der Waals surface area (Å²) in [4.78, 5) is 9.72. The van der Waals surface area contributed by atoms with Gasteiger partial charge in [-0.25, -0.2) is 4.39 Å². The normalized spacial score (nSPS) is 9.92. The third-order valence-corrected chi connectivity index (χ3v) is 2.60. The van der Waals surface area contributed by atoms with Crippen molar-refractivity contribution in [3.8, 4) is 0 Å². The van der Waals surface area contributed by atoms with Crippen molar-refractivity contribution in [1.29, 1.82) is 0 Å². The predicted octanol–water partition coefficient (Wildman–Crippen LogP) is 3.26. The second kappa shape index (κ2) is 3.49. The molecule has 64 valence electrons. The number of nitrogens with zero attached hydrogens (tertiary/aromatic N) is 1. The van der Waals surface area contributed by atoms with Crippen LogP contribution in [0.5, 0.6) is 0 Å². The molecule has 3 nitrogen and oxygen atoms in total. The van der Waals surface area contributed by atoms with Crippen LogP contribution in [-0.2, 0) is 0 Å². The zero-order chi connectivity index (χ0) is 9.30. The van der Waals surface area contributed by atoms with E-state index in [1.165, 1.54) is 6.07 Å². The van der Waals surface area contributed by atoms with Crippen LogP contribution in [0.25, 0.3) is 0 Å². The van der Waals surface area contributed by atoms with E-state index in [2.05, 4.69) is 31.9 Å². The van der Waals surface area contributed by atoms with Crippen molar-refractivity contribution in [3.63, 3.8) is 0 Å². The van der Waals surface area contributed by atoms with Gasteiger partial charge in [-0.2, -0.15) is 0 Å². The van der Waals surface area contributed by atoms with Crippen molar-refractivity contribution in [1.82, 2.24) is 0 Å². The van der Waals surface area contributed by atoms with Crippen molar-refractivity contribution in [2.45, 2.75) is 0 Å². The highest BCUT2D eigenvalue weighted by Gasteiger charge is 2.19. The number of halogens is 3. The van der Waals surface area contributed by atoms with Gasteiger partial charge in [0.05, 0.1) is 9.40 Å². The van der Waals surface area contributed by atoms with Gasteiger partial charge in [-0.05, 0) is 44.0 Å². The van der Waals surface area contributed by atoms with Crippen LogP contribution < -0.4 is 0 Å². The molecule has 1 rings (SSSR count). The highest BCUT2D eigenvalue weighted by molar-refractivity contribution is 9.11. The fraction of sp³-hybridized carbons (Fsp3) is 0. The molecule has 0 unspecified atom stereocenters. The van der Waals surface area contributed by atoms with E-state index < -0.39 is 10.7 Å². The molecule has 0 saturated carbocycles. The Morgan fingerprint density at radius 2 is 2.00 bits per heavy atom. The summed E-state index contributed by atoms with van der Waals surface area (Å²) in [5.41, 5.74) is -0.296. The molecule has 0 fully saturated rings. The van der Waals surface area contributed by atoms with Crippen LogP contribution in [0.15, 0.2) is 21.1 Å². The summed E-state index contributed by atoms with van der Waals surface area (Å²) < 4.78 is 12.9. The fourth-order valence-corrected chi connectivity index (χ4v) is 1.92. The second-order valence-corrected chi connectivity index (χ2v) is 3.60. The van der Waals surface area contributed by atoms with E-state index in [4.69, 9.17) is 0 Å². The molecule has 0 heterocycles. The lowest BCUT2D eigenvalue weighted by Crippen LogP contribution is -1.92. The van der Waals surface area contributed by atoms with Gasteiger partial charge in [0.25, 0.3) is 0 Å². The molecule has 12 heavy (non-hydrogen) atoms. The molecule has 0 amide bonds. The largest absolute Gasteiger partial charge is 0.300 e. The van der Waals surface area contributed by atoms with E-state index in [0.717, 1.165) is 6.07 Å². The minimum Gasteiger partial charge on any atom is -0.258 e. The van der Waals surface area contributed by atoms with Crippen molar-refractivity contribution in [2.75, 3.05) is 0 Å². The summed E-state index contributed by atoms with van der Waals surface area (Å²) in [5.74, 6) is -0.648. The van der Waals surface area contributed by atoms with E-state index in [1.807, 2.05) is 0 Å². The first-order valence-electron chi connectivity index (χ1n) is 2.82. The molecule has 0 aliphatic carbocycles. The van der Waals surface area contributed by atoms with E-state index in [-0.39, 0.29) is 14.6 Å². The SMILES string of the molecule is O=[N+]([O-])c1c(Br)ccc(F)c1Br. The molecule has 1 aromatic rings. The monoisotopic (exact) mass is 297 g/mol. The Morgan fingerprint density at radius 1 is 1.42 bits per heavy atom. The molecule has 0 bridgehead atoms. The molecule has 0 spiro atoms. The zero-order valence-corrected chi connectivity index (χ0v) is 8.72. The molecule has 6 heteroatoms. The molecular weight excluding hydrogens is 297 g/mol. The number of nitro groups is 1.